The molecular weight excluding hydrogens is 332 g/mol. The Morgan fingerprint density at radius 3 is 2.65 bits per heavy atom. The minimum absolute atomic E-state index is 0.0762. The number of ether oxygens (including phenoxy) is 1. The monoisotopic (exact) mass is 358 g/mol. The summed E-state index contributed by atoms with van der Waals surface area (Å²) in [5.41, 5.74) is 0.890. The number of anilines is 1. The van der Waals surface area contributed by atoms with Gasteiger partial charge in [0.1, 0.15) is 5.75 Å². The van der Waals surface area contributed by atoms with Crippen LogP contribution in [-0.2, 0) is 17.8 Å². The van der Waals surface area contributed by atoms with E-state index < -0.39 is 0 Å². The van der Waals surface area contributed by atoms with Gasteiger partial charge in [-0.05, 0) is 37.1 Å². The highest BCUT2D eigenvalue weighted by Gasteiger charge is 2.33. The van der Waals surface area contributed by atoms with E-state index in [2.05, 4.69) is 28.9 Å². The highest BCUT2D eigenvalue weighted by Crippen LogP contribution is 2.23. The van der Waals surface area contributed by atoms with Crippen molar-refractivity contribution in [3.8, 4) is 5.75 Å². The van der Waals surface area contributed by atoms with Crippen molar-refractivity contribution in [2.24, 2.45) is 5.92 Å². The van der Waals surface area contributed by atoms with Gasteiger partial charge < -0.3 is 14.2 Å². The summed E-state index contributed by atoms with van der Waals surface area (Å²) in [4.78, 5) is 21.2. The average molecular weight is 358 g/mol. The number of amides is 1. The molecule has 0 aliphatic carbocycles. The molecule has 1 atom stereocenters. The molecular formula is C19H26N4O3. The molecule has 1 amide bonds. The van der Waals surface area contributed by atoms with Crippen LogP contribution in [0.3, 0.4) is 0 Å². The van der Waals surface area contributed by atoms with Crippen molar-refractivity contribution in [1.82, 2.24) is 15.0 Å². The maximum absolute atomic E-state index is 12.8. The molecule has 26 heavy (non-hydrogen) atoms. The van der Waals surface area contributed by atoms with Crippen molar-refractivity contribution in [1.29, 1.82) is 0 Å². The predicted octanol–water partition coefficient (Wildman–Crippen LogP) is 2.51. The lowest BCUT2D eigenvalue weighted by molar-refractivity contribution is -0.125. The summed E-state index contributed by atoms with van der Waals surface area (Å²) in [7, 11) is 1.63. The summed E-state index contributed by atoms with van der Waals surface area (Å²) in [6.45, 7) is 8.06. The molecule has 1 aromatic heterocycles. The minimum atomic E-state index is -0.238. The van der Waals surface area contributed by atoms with Crippen molar-refractivity contribution in [3.63, 3.8) is 0 Å². The maximum Gasteiger partial charge on any atom is 0.244 e. The number of piperazine rings is 1. The summed E-state index contributed by atoms with van der Waals surface area (Å²) in [6, 6.07) is 7.33. The van der Waals surface area contributed by atoms with Gasteiger partial charge >= 0.3 is 0 Å². The Bertz CT molecular complexity index is 741. The first kappa shape index (κ1) is 18.4. The zero-order valence-corrected chi connectivity index (χ0v) is 15.8. The number of nitrogens with zero attached hydrogens (tertiary/aromatic N) is 4. The lowest BCUT2D eigenvalue weighted by Crippen LogP contribution is -2.55. The number of carbonyl (C=O) groups excluding carboxylic acids is 1. The molecule has 1 saturated heterocycles. The Hall–Kier alpha value is -2.41. The molecule has 1 aliphatic heterocycles. The maximum atomic E-state index is 12.8. The van der Waals surface area contributed by atoms with Crippen molar-refractivity contribution in [2.45, 2.75) is 39.8 Å². The molecule has 0 N–H and O–H groups in total. The van der Waals surface area contributed by atoms with Crippen molar-refractivity contribution in [2.75, 3.05) is 25.1 Å². The topological polar surface area (TPSA) is 71.7 Å². The second-order valence-electron chi connectivity index (χ2n) is 7.04. The Morgan fingerprint density at radius 1 is 1.27 bits per heavy atom. The highest BCUT2D eigenvalue weighted by atomic mass is 16.5. The molecule has 2 heterocycles. The van der Waals surface area contributed by atoms with Gasteiger partial charge in [-0.15, -0.1) is 0 Å². The van der Waals surface area contributed by atoms with Gasteiger partial charge in [-0.2, -0.15) is 4.98 Å². The first-order valence-electron chi connectivity index (χ1n) is 8.99. The highest BCUT2D eigenvalue weighted by molar-refractivity contribution is 5.97. The van der Waals surface area contributed by atoms with Gasteiger partial charge in [0.2, 0.25) is 11.8 Å². The first-order valence-corrected chi connectivity index (χ1v) is 8.99. The first-order chi connectivity index (χ1) is 12.5. The number of aromatic nitrogens is 2. The van der Waals surface area contributed by atoms with Crippen LogP contribution in [0.2, 0.25) is 0 Å². The number of hydrogen-bond donors (Lipinski definition) is 0. The largest absolute Gasteiger partial charge is 0.497 e. The van der Waals surface area contributed by atoms with Gasteiger partial charge in [-0.3, -0.25) is 9.69 Å². The molecule has 0 radical (unpaired) electrons. The predicted molar refractivity (Wildman–Crippen MR) is 98.1 cm³/mol. The molecule has 0 saturated carbocycles. The Balaban J connectivity index is 1.64. The lowest BCUT2D eigenvalue weighted by Gasteiger charge is -2.38. The lowest BCUT2D eigenvalue weighted by atomic mass is 10.1. The standard InChI is InChI=1S/C19H26N4O3/c1-13(2)11-18-20-17(21-26-18)12-22-9-10-23(19(24)14(22)3)15-5-7-16(25-4)8-6-15/h5-8,13-14H,9-12H2,1-4H3/t14-/m1/s1. The van der Waals surface area contributed by atoms with E-state index in [1.807, 2.05) is 36.1 Å². The third kappa shape index (κ3) is 4.04. The molecule has 7 nitrogen and oxygen atoms in total. The molecule has 0 spiro atoms. The normalized spacial score (nSPS) is 18.6. The molecule has 2 aromatic rings. The fraction of sp³-hybridized carbons (Fsp3) is 0.526. The van der Waals surface area contributed by atoms with Crippen LogP contribution < -0.4 is 9.64 Å². The van der Waals surface area contributed by atoms with Crippen LogP contribution in [0.25, 0.3) is 0 Å². The zero-order valence-electron chi connectivity index (χ0n) is 15.8. The Kier molecular flexibility index (Phi) is 5.56. The third-order valence-corrected chi connectivity index (χ3v) is 4.60. The molecule has 0 unspecified atom stereocenters. The number of carbonyl (C=O) groups is 1. The molecule has 140 valence electrons. The van der Waals surface area contributed by atoms with Gasteiger partial charge in [-0.25, -0.2) is 0 Å². The van der Waals surface area contributed by atoms with Crippen LogP contribution >= 0.6 is 0 Å². The van der Waals surface area contributed by atoms with Crippen LogP contribution in [0.4, 0.5) is 5.69 Å². The van der Waals surface area contributed by atoms with E-state index in [0.717, 1.165) is 24.4 Å². The Morgan fingerprint density at radius 2 is 2.00 bits per heavy atom. The molecule has 1 fully saturated rings. The third-order valence-electron chi connectivity index (χ3n) is 4.60. The van der Waals surface area contributed by atoms with Crippen LogP contribution in [0.5, 0.6) is 5.75 Å². The summed E-state index contributed by atoms with van der Waals surface area (Å²) < 4.78 is 10.5. The quantitative estimate of drug-likeness (QED) is 0.790. The van der Waals surface area contributed by atoms with Gasteiger partial charge in [0, 0.05) is 25.2 Å². The summed E-state index contributed by atoms with van der Waals surface area (Å²) in [5.74, 6) is 2.62. The minimum Gasteiger partial charge on any atom is -0.497 e. The van der Waals surface area contributed by atoms with E-state index in [1.165, 1.54) is 0 Å². The van der Waals surface area contributed by atoms with Crippen LogP contribution in [0.15, 0.2) is 28.8 Å². The number of rotatable bonds is 6. The van der Waals surface area contributed by atoms with Crippen molar-refractivity contribution in [3.05, 3.63) is 36.0 Å². The van der Waals surface area contributed by atoms with E-state index in [1.54, 1.807) is 7.11 Å². The molecule has 7 heteroatoms. The fourth-order valence-corrected chi connectivity index (χ4v) is 3.12. The Labute approximate surface area is 153 Å². The van der Waals surface area contributed by atoms with Crippen molar-refractivity contribution < 1.29 is 14.1 Å². The van der Waals surface area contributed by atoms with Crippen molar-refractivity contribution >= 4 is 11.6 Å². The summed E-state index contributed by atoms with van der Waals surface area (Å²) in [5, 5.41) is 4.05. The van der Waals surface area contributed by atoms with Gasteiger partial charge in [-0.1, -0.05) is 19.0 Å². The van der Waals surface area contributed by atoms with Crippen LogP contribution in [-0.4, -0.2) is 47.2 Å². The van der Waals surface area contributed by atoms with Gasteiger partial charge in [0.15, 0.2) is 5.82 Å². The molecule has 3 rings (SSSR count). The van der Waals surface area contributed by atoms with E-state index >= 15 is 0 Å². The van der Waals surface area contributed by atoms with E-state index in [9.17, 15) is 4.79 Å². The molecule has 0 bridgehead atoms. The molecule has 1 aromatic carbocycles. The molecule has 1 aliphatic rings. The zero-order chi connectivity index (χ0) is 18.7. The van der Waals surface area contributed by atoms with Crippen LogP contribution in [0.1, 0.15) is 32.5 Å². The number of hydrogen-bond acceptors (Lipinski definition) is 6. The number of benzene rings is 1. The SMILES string of the molecule is COc1ccc(N2CCN(Cc3noc(CC(C)C)n3)[C@H](C)C2=O)cc1. The average Bonchev–Trinajstić information content (AvgIpc) is 3.05. The fourth-order valence-electron chi connectivity index (χ4n) is 3.12. The van der Waals surface area contributed by atoms with Gasteiger partial charge in [0.05, 0.1) is 19.7 Å². The van der Waals surface area contributed by atoms with E-state index in [4.69, 9.17) is 9.26 Å². The van der Waals surface area contributed by atoms with Crippen LogP contribution in [0, 0.1) is 5.92 Å². The van der Waals surface area contributed by atoms with E-state index in [0.29, 0.717) is 30.7 Å². The number of methoxy groups -OCH3 is 1. The summed E-state index contributed by atoms with van der Waals surface area (Å²) >= 11 is 0. The second-order valence-corrected chi connectivity index (χ2v) is 7.04. The second kappa shape index (κ2) is 7.86. The smallest absolute Gasteiger partial charge is 0.244 e. The van der Waals surface area contributed by atoms with E-state index in [-0.39, 0.29) is 11.9 Å². The summed E-state index contributed by atoms with van der Waals surface area (Å²) in [6.07, 6.45) is 0.771. The van der Waals surface area contributed by atoms with Gasteiger partial charge in [0.25, 0.3) is 0 Å².